The molecule has 1 spiro atoms. The van der Waals surface area contributed by atoms with Crippen molar-refractivity contribution in [3.63, 3.8) is 0 Å². The molecule has 3 nitrogen and oxygen atoms in total. The first-order valence-electron chi connectivity index (χ1n) is 6.03. The molecule has 1 saturated carbocycles. The number of methoxy groups -OCH3 is 1. The maximum atomic E-state index is 5.77. The summed E-state index contributed by atoms with van der Waals surface area (Å²) in [4.78, 5) is 2.42. The van der Waals surface area contributed by atoms with Crippen molar-refractivity contribution in [3.8, 4) is 0 Å². The second-order valence-corrected chi connectivity index (χ2v) is 5.24. The predicted molar refractivity (Wildman–Crippen MR) is 60.0 cm³/mol. The standard InChI is InChI=1S/C12H23NO2/c1-13-9-12(10-13)5-3-11(4-6-12)15-8-7-14-2/h11H,3-10H2,1-2H3. The Balaban J connectivity index is 1.64. The molecule has 88 valence electrons. The summed E-state index contributed by atoms with van der Waals surface area (Å²) < 4.78 is 10.8. The van der Waals surface area contributed by atoms with E-state index >= 15 is 0 Å². The lowest BCUT2D eigenvalue weighted by Gasteiger charge is -2.52. The minimum absolute atomic E-state index is 0.497. The average Bonchev–Trinajstić information content (AvgIpc) is 2.19. The lowest BCUT2D eigenvalue weighted by atomic mass is 9.68. The Labute approximate surface area is 92.7 Å². The molecule has 1 saturated heterocycles. The van der Waals surface area contributed by atoms with Crippen LogP contribution in [0.1, 0.15) is 25.7 Å². The van der Waals surface area contributed by atoms with Gasteiger partial charge in [-0.15, -0.1) is 0 Å². The van der Waals surface area contributed by atoms with Crippen molar-refractivity contribution < 1.29 is 9.47 Å². The van der Waals surface area contributed by atoms with Crippen molar-refractivity contribution >= 4 is 0 Å². The van der Waals surface area contributed by atoms with Crippen molar-refractivity contribution in [2.24, 2.45) is 5.41 Å². The van der Waals surface area contributed by atoms with Crippen LogP contribution in [0.15, 0.2) is 0 Å². The van der Waals surface area contributed by atoms with Crippen LogP contribution in [0, 0.1) is 5.41 Å². The molecule has 0 aromatic rings. The molecule has 1 aliphatic carbocycles. The number of nitrogens with zero attached hydrogens (tertiary/aromatic N) is 1. The van der Waals surface area contributed by atoms with Gasteiger partial charge in [0.05, 0.1) is 19.3 Å². The summed E-state index contributed by atoms with van der Waals surface area (Å²) in [5.41, 5.74) is 0.663. The number of ether oxygens (including phenoxy) is 2. The van der Waals surface area contributed by atoms with Crippen LogP contribution in [0.4, 0.5) is 0 Å². The molecule has 1 aliphatic heterocycles. The maximum absolute atomic E-state index is 5.77. The van der Waals surface area contributed by atoms with Gasteiger partial charge < -0.3 is 14.4 Å². The van der Waals surface area contributed by atoms with Crippen LogP contribution >= 0.6 is 0 Å². The molecule has 2 rings (SSSR count). The first-order valence-corrected chi connectivity index (χ1v) is 6.03. The van der Waals surface area contributed by atoms with E-state index in [9.17, 15) is 0 Å². The molecular formula is C12H23NO2. The quantitative estimate of drug-likeness (QED) is 0.661. The third kappa shape index (κ3) is 2.71. The van der Waals surface area contributed by atoms with E-state index < -0.39 is 0 Å². The molecule has 0 unspecified atom stereocenters. The zero-order valence-electron chi connectivity index (χ0n) is 10.00. The first-order chi connectivity index (χ1) is 7.24. The lowest BCUT2D eigenvalue weighted by Crippen LogP contribution is -2.56. The second-order valence-electron chi connectivity index (χ2n) is 5.24. The van der Waals surface area contributed by atoms with Gasteiger partial charge in [-0.05, 0) is 38.1 Å². The molecule has 1 heterocycles. The van der Waals surface area contributed by atoms with Crippen LogP contribution < -0.4 is 0 Å². The van der Waals surface area contributed by atoms with E-state index in [1.165, 1.54) is 38.8 Å². The summed E-state index contributed by atoms with van der Waals surface area (Å²) in [5, 5.41) is 0. The van der Waals surface area contributed by atoms with Crippen molar-refractivity contribution in [1.82, 2.24) is 4.90 Å². The molecule has 15 heavy (non-hydrogen) atoms. The monoisotopic (exact) mass is 213 g/mol. The van der Waals surface area contributed by atoms with Gasteiger partial charge >= 0.3 is 0 Å². The van der Waals surface area contributed by atoms with Gasteiger partial charge in [0, 0.05) is 20.2 Å². The van der Waals surface area contributed by atoms with E-state index in [1.54, 1.807) is 7.11 Å². The zero-order valence-corrected chi connectivity index (χ0v) is 10.00. The number of rotatable bonds is 4. The molecule has 0 amide bonds. The number of hydrogen-bond acceptors (Lipinski definition) is 3. The number of hydrogen-bond donors (Lipinski definition) is 0. The highest BCUT2D eigenvalue weighted by molar-refractivity contribution is 4.96. The Kier molecular flexibility index (Phi) is 3.65. The Morgan fingerprint density at radius 2 is 1.87 bits per heavy atom. The molecule has 0 aromatic carbocycles. The van der Waals surface area contributed by atoms with E-state index in [0.717, 1.165) is 13.2 Å². The van der Waals surface area contributed by atoms with E-state index in [4.69, 9.17) is 9.47 Å². The Bertz CT molecular complexity index is 192. The summed E-state index contributed by atoms with van der Waals surface area (Å²) in [6.07, 6.45) is 5.70. The van der Waals surface area contributed by atoms with Gasteiger partial charge in [-0.3, -0.25) is 0 Å². The summed E-state index contributed by atoms with van der Waals surface area (Å²) >= 11 is 0. The van der Waals surface area contributed by atoms with Gasteiger partial charge in [0.1, 0.15) is 0 Å². The fourth-order valence-electron chi connectivity index (χ4n) is 3.08. The van der Waals surface area contributed by atoms with Crippen LogP contribution in [-0.2, 0) is 9.47 Å². The van der Waals surface area contributed by atoms with E-state index in [2.05, 4.69) is 11.9 Å². The van der Waals surface area contributed by atoms with Gasteiger partial charge in [0.25, 0.3) is 0 Å². The minimum Gasteiger partial charge on any atom is -0.382 e. The Morgan fingerprint density at radius 1 is 1.20 bits per heavy atom. The fraction of sp³-hybridized carbons (Fsp3) is 1.00. The third-order valence-electron chi connectivity index (χ3n) is 3.84. The SMILES string of the molecule is COCCOC1CCC2(CC1)CN(C)C2. The first kappa shape index (κ1) is 11.4. The van der Waals surface area contributed by atoms with E-state index in [0.29, 0.717) is 11.5 Å². The normalized spacial score (nSPS) is 26.8. The molecule has 0 radical (unpaired) electrons. The van der Waals surface area contributed by atoms with E-state index in [-0.39, 0.29) is 0 Å². The van der Waals surface area contributed by atoms with Crippen LogP contribution in [0.5, 0.6) is 0 Å². The molecule has 2 fully saturated rings. The Morgan fingerprint density at radius 3 is 2.40 bits per heavy atom. The van der Waals surface area contributed by atoms with Crippen LogP contribution in [0.3, 0.4) is 0 Å². The van der Waals surface area contributed by atoms with Gasteiger partial charge in [-0.2, -0.15) is 0 Å². The highest BCUT2D eigenvalue weighted by atomic mass is 16.5. The summed E-state index contributed by atoms with van der Waals surface area (Å²) in [5.74, 6) is 0. The van der Waals surface area contributed by atoms with Gasteiger partial charge in [-0.1, -0.05) is 0 Å². The average molecular weight is 213 g/mol. The lowest BCUT2D eigenvalue weighted by molar-refractivity contribution is -0.0678. The van der Waals surface area contributed by atoms with Crippen molar-refractivity contribution in [1.29, 1.82) is 0 Å². The smallest absolute Gasteiger partial charge is 0.0704 e. The summed E-state index contributed by atoms with van der Waals surface area (Å²) in [6.45, 7) is 4.09. The molecule has 0 aromatic heterocycles. The molecule has 3 heteroatoms. The second kappa shape index (κ2) is 4.81. The molecular weight excluding hydrogens is 190 g/mol. The highest BCUT2D eigenvalue weighted by Crippen LogP contribution is 2.43. The minimum atomic E-state index is 0.497. The van der Waals surface area contributed by atoms with Gasteiger partial charge in [-0.25, -0.2) is 0 Å². The van der Waals surface area contributed by atoms with Gasteiger partial charge in [0.2, 0.25) is 0 Å². The van der Waals surface area contributed by atoms with Gasteiger partial charge in [0.15, 0.2) is 0 Å². The van der Waals surface area contributed by atoms with Crippen molar-refractivity contribution in [2.75, 3.05) is 40.5 Å². The molecule has 0 atom stereocenters. The van der Waals surface area contributed by atoms with Crippen LogP contribution in [0.2, 0.25) is 0 Å². The van der Waals surface area contributed by atoms with Crippen LogP contribution in [0.25, 0.3) is 0 Å². The Hall–Kier alpha value is -0.120. The summed E-state index contributed by atoms with van der Waals surface area (Å²) in [6, 6.07) is 0. The molecule has 2 aliphatic rings. The zero-order chi connectivity index (χ0) is 10.7. The van der Waals surface area contributed by atoms with Crippen molar-refractivity contribution in [3.05, 3.63) is 0 Å². The predicted octanol–water partition coefficient (Wildman–Crippen LogP) is 1.52. The number of likely N-dealkylation sites (tertiary alicyclic amines) is 1. The largest absolute Gasteiger partial charge is 0.382 e. The highest BCUT2D eigenvalue weighted by Gasteiger charge is 2.43. The summed E-state index contributed by atoms with van der Waals surface area (Å²) in [7, 11) is 3.94. The fourth-order valence-corrected chi connectivity index (χ4v) is 3.08. The van der Waals surface area contributed by atoms with Crippen molar-refractivity contribution in [2.45, 2.75) is 31.8 Å². The maximum Gasteiger partial charge on any atom is 0.0704 e. The third-order valence-corrected chi connectivity index (χ3v) is 3.84. The van der Waals surface area contributed by atoms with Crippen LogP contribution in [-0.4, -0.2) is 51.5 Å². The molecule has 0 bridgehead atoms. The topological polar surface area (TPSA) is 21.7 Å². The van der Waals surface area contributed by atoms with E-state index in [1.807, 2.05) is 0 Å². The molecule has 0 N–H and O–H groups in total.